The van der Waals surface area contributed by atoms with Crippen molar-refractivity contribution in [3.63, 3.8) is 0 Å². The van der Waals surface area contributed by atoms with E-state index in [1.54, 1.807) is 6.92 Å². The Kier molecular flexibility index (Phi) is 5.46. The first-order chi connectivity index (χ1) is 8.51. The standard InChI is InChI=1S/C11H13BrF2N2O2/c1-2-18-9(17)3-6-7(4-12)8(15)5-16-10(6)11(13)14/h5,11H,2-4,15H2,1H3. The number of carbonyl (C=O) groups excluding carboxylic acids is 1. The number of aromatic nitrogens is 1. The second-order valence-corrected chi connectivity index (χ2v) is 4.03. The molecule has 1 aromatic rings. The van der Waals surface area contributed by atoms with Crippen LogP contribution in [-0.4, -0.2) is 17.6 Å². The van der Waals surface area contributed by atoms with Crippen LogP contribution in [0.25, 0.3) is 0 Å². The SMILES string of the molecule is CCOC(=O)Cc1c(C(F)F)ncc(N)c1CBr. The van der Waals surface area contributed by atoms with Crippen LogP contribution in [0.4, 0.5) is 14.5 Å². The summed E-state index contributed by atoms with van der Waals surface area (Å²) in [6, 6.07) is 0. The molecule has 1 rings (SSSR count). The van der Waals surface area contributed by atoms with Crippen molar-refractivity contribution in [3.05, 3.63) is 23.0 Å². The van der Waals surface area contributed by atoms with Crippen molar-refractivity contribution in [2.75, 3.05) is 12.3 Å². The highest BCUT2D eigenvalue weighted by Gasteiger charge is 2.22. The van der Waals surface area contributed by atoms with Crippen molar-refractivity contribution in [1.82, 2.24) is 4.98 Å². The maximum absolute atomic E-state index is 12.8. The van der Waals surface area contributed by atoms with Gasteiger partial charge in [-0.15, -0.1) is 0 Å². The Morgan fingerprint density at radius 1 is 1.56 bits per heavy atom. The molecule has 0 fully saturated rings. The summed E-state index contributed by atoms with van der Waals surface area (Å²) in [6.45, 7) is 1.84. The monoisotopic (exact) mass is 322 g/mol. The molecule has 0 radical (unpaired) electrons. The van der Waals surface area contributed by atoms with E-state index in [4.69, 9.17) is 10.5 Å². The van der Waals surface area contributed by atoms with Crippen LogP contribution in [0.15, 0.2) is 6.20 Å². The smallest absolute Gasteiger partial charge is 0.310 e. The van der Waals surface area contributed by atoms with Gasteiger partial charge >= 0.3 is 5.97 Å². The molecule has 4 nitrogen and oxygen atoms in total. The van der Waals surface area contributed by atoms with Crippen molar-refractivity contribution in [1.29, 1.82) is 0 Å². The summed E-state index contributed by atoms with van der Waals surface area (Å²) in [5.41, 5.74) is 6.10. The lowest BCUT2D eigenvalue weighted by molar-refractivity contribution is -0.142. The number of ether oxygens (including phenoxy) is 1. The summed E-state index contributed by atoms with van der Waals surface area (Å²) in [5, 5.41) is 0.274. The summed E-state index contributed by atoms with van der Waals surface area (Å²) in [6.07, 6.45) is -1.84. The molecule has 1 heterocycles. The molecule has 0 amide bonds. The Morgan fingerprint density at radius 2 is 2.22 bits per heavy atom. The molecule has 0 aliphatic heterocycles. The van der Waals surface area contributed by atoms with Gasteiger partial charge in [-0.2, -0.15) is 0 Å². The summed E-state index contributed by atoms with van der Waals surface area (Å²) in [4.78, 5) is 15.0. The van der Waals surface area contributed by atoms with Crippen molar-refractivity contribution in [2.24, 2.45) is 0 Å². The first kappa shape index (κ1) is 14.8. The molecule has 0 atom stereocenters. The molecule has 0 saturated heterocycles. The van der Waals surface area contributed by atoms with Gasteiger partial charge in [0.1, 0.15) is 5.69 Å². The second kappa shape index (κ2) is 6.63. The van der Waals surface area contributed by atoms with Gasteiger partial charge in [0.05, 0.1) is 24.9 Å². The minimum absolute atomic E-state index is 0.139. The average Bonchev–Trinajstić information content (AvgIpc) is 2.29. The van der Waals surface area contributed by atoms with Gasteiger partial charge in [0.25, 0.3) is 6.43 Å². The van der Waals surface area contributed by atoms with Crippen LogP contribution in [0, 0.1) is 0 Å². The highest BCUT2D eigenvalue weighted by atomic mass is 79.9. The minimum atomic E-state index is -2.76. The fourth-order valence-electron chi connectivity index (χ4n) is 1.52. The van der Waals surface area contributed by atoms with E-state index >= 15 is 0 Å². The minimum Gasteiger partial charge on any atom is -0.466 e. The summed E-state index contributed by atoms with van der Waals surface area (Å²) < 4.78 is 30.4. The number of alkyl halides is 3. The second-order valence-electron chi connectivity index (χ2n) is 3.47. The Hall–Kier alpha value is -1.24. The summed E-state index contributed by atoms with van der Waals surface area (Å²) >= 11 is 3.17. The van der Waals surface area contributed by atoms with Crippen LogP contribution < -0.4 is 5.73 Å². The van der Waals surface area contributed by atoms with E-state index in [2.05, 4.69) is 20.9 Å². The maximum Gasteiger partial charge on any atom is 0.310 e. The van der Waals surface area contributed by atoms with E-state index in [0.717, 1.165) is 0 Å². The van der Waals surface area contributed by atoms with Gasteiger partial charge in [0.2, 0.25) is 0 Å². The third kappa shape index (κ3) is 3.38. The number of carbonyl (C=O) groups is 1. The predicted molar refractivity (Wildman–Crippen MR) is 66.6 cm³/mol. The topological polar surface area (TPSA) is 65.2 Å². The Morgan fingerprint density at radius 3 is 2.72 bits per heavy atom. The van der Waals surface area contributed by atoms with Crippen LogP contribution in [0.5, 0.6) is 0 Å². The lowest BCUT2D eigenvalue weighted by atomic mass is 10.0. The van der Waals surface area contributed by atoms with E-state index in [-0.39, 0.29) is 29.6 Å². The van der Waals surface area contributed by atoms with Gasteiger partial charge in [-0.25, -0.2) is 8.78 Å². The van der Waals surface area contributed by atoms with Crippen molar-refractivity contribution >= 4 is 27.6 Å². The van der Waals surface area contributed by atoms with Crippen molar-refractivity contribution < 1.29 is 18.3 Å². The van der Waals surface area contributed by atoms with Crippen LogP contribution in [0.3, 0.4) is 0 Å². The number of pyridine rings is 1. The molecular formula is C11H13BrF2N2O2. The number of esters is 1. The third-order valence-corrected chi connectivity index (χ3v) is 2.89. The highest BCUT2D eigenvalue weighted by Crippen LogP contribution is 2.28. The summed E-state index contributed by atoms with van der Waals surface area (Å²) in [5.74, 6) is -0.575. The van der Waals surface area contributed by atoms with Gasteiger partial charge in [0.15, 0.2) is 0 Å². The number of hydrogen-bond acceptors (Lipinski definition) is 4. The fraction of sp³-hybridized carbons (Fsp3) is 0.455. The number of nitrogens with zero attached hydrogens (tertiary/aromatic N) is 1. The molecule has 1 aromatic heterocycles. The normalized spacial score (nSPS) is 10.7. The molecule has 0 saturated carbocycles. The predicted octanol–water partition coefficient (Wildman–Crippen LogP) is 2.60. The lowest BCUT2D eigenvalue weighted by Gasteiger charge is -2.13. The molecule has 7 heteroatoms. The first-order valence-corrected chi connectivity index (χ1v) is 6.39. The lowest BCUT2D eigenvalue weighted by Crippen LogP contribution is -2.14. The molecule has 100 valence electrons. The van der Waals surface area contributed by atoms with Gasteiger partial charge < -0.3 is 10.5 Å². The highest BCUT2D eigenvalue weighted by molar-refractivity contribution is 9.08. The Bertz CT molecular complexity index is 441. The van der Waals surface area contributed by atoms with Crippen LogP contribution in [0.2, 0.25) is 0 Å². The molecule has 0 unspecified atom stereocenters. The molecule has 2 N–H and O–H groups in total. The van der Waals surface area contributed by atoms with E-state index < -0.39 is 18.1 Å². The van der Waals surface area contributed by atoms with Gasteiger partial charge in [-0.3, -0.25) is 9.78 Å². The number of hydrogen-bond donors (Lipinski definition) is 1. The maximum atomic E-state index is 12.8. The Balaban J connectivity index is 3.19. The van der Waals surface area contributed by atoms with Crippen molar-refractivity contribution in [3.8, 4) is 0 Å². The van der Waals surface area contributed by atoms with E-state index in [9.17, 15) is 13.6 Å². The molecule has 0 bridgehead atoms. The molecule has 0 aromatic carbocycles. The number of halogens is 3. The zero-order chi connectivity index (χ0) is 13.7. The zero-order valence-electron chi connectivity index (χ0n) is 9.75. The zero-order valence-corrected chi connectivity index (χ0v) is 11.3. The van der Waals surface area contributed by atoms with Crippen LogP contribution in [0.1, 0.15) is 30.2 Å². The average molecular weight is 323 g/mol. The third-order valence-electron chi connectivity index (χ3n) is 2.33. The Labute approximate surface area is 112 Å². The van der Waals surface area contributed by atoms with Gasteiger partial charge in [0, 0.05) is 5.33 Å². The van der Waals surface area contributed by atoms with E-state index in [1.807, 2.05) is 0 Å². The quantitative estimate of drug-likeness (QED) is 0.668. The molecular weight excluding hydrogens is 310 g/mol. The molecule has 0 spiro atoms. The van der Waals surface area contributed by atoms with E-state index in [1.165, 1.54) is 6.20 Å². The molecule has 0 aliphatic rings. The largest absolute Gasteiger partial charge is 0.466 e. The molecule has 18 heavy (non-hydrogen) atoms. The number of nitrogens with two attached hydrogens (primary N) is 1. The summed E-state index contributed by atoms with van der Waals surface area (Å²) in [7, 11) is 0. The van der Waals surface area contributed by atoms with Crippen LogP contribution >= 0.6 is 15.9 Å². The van der Waals surface area contributed by atoms with Crippen LogP contribution in [-0.2, 0) is 21.3 Å². The number of anilines is 1. The fourth-order valence-corrected chi connectivity index (χ4v) is 2.19. The first-order valence-electron chi connectivity index (χ1n) is 5.27. The van der Waals surface area contributed by atoms with Crippen molar-refractivity contribution in [2.45, 2.75) is 25.1 Å². The molecule has 0 aliphatic carbocycles. The van der Waals surface area contributed by atoms with Gasteiger partial charge in [-0.05, 0) is 18.1 Å². The van der Waals surface area contributed by atoms with Gasteiger partial charge in [-0.1, -0.05) is 15.9 Å². The van der Waals surface area contributed by atoms with E-state index in [0.29, 0.717) is 5.56 Å². The number of nitrogen functional groups attached to an aromatic ring is 1. The number of rotatable bonds is 5.